The molecule has 1 atom stereocenters. The molecule has 0 fully saturated rings. The Bertz CT molecular complexity index is 617. The monoisotopic (exact) mass is 291 g/mol. The summed E-state index contributed by atoms with van der Waals surface area (Å²) in [7, 11) is 1.77. The molecule has 0 radical (unpaired) electrons. The zero-order chi connectivity index (χ0) is 15.4. The molecule has 2 aromatic heterocycles. The number of aromatic nitrogens is 4. The molecule has 0 saturated heterocycles. The van der Waals surface area contributed by atoms with Crippen LogP contribution in [0.25, 0.3) is 0 Å². The van der Waals surface area contributed by atoms with Crippen molar-refractivity contribution in [2.45, 2.75) is 46.1 Å². The highest BCUT2D eigenvalue weighted by molar-refractivity contribution is 5.92. The van der Waals surface area contributed by atoms with Crippen LogP contribution in [-0.4, -0.2) is 25.8 Å². The second kappa shape index (κ2) is 6.51. The van der Waals surface area contributed by atoms with Crippen molar-refractivity contribution in [2.24, 2.45) is 7.05 Å². The van der Waals surface area contributed by atoms with E-state index in [0.717, 1.165) is 18.5 Å². The highest BCUT2D eigenvalue weighted by atomic mass is 16.5. The SMILES string of the molecule is CCCc1cc(C(=O)N[C@H](CC)c2nc(C)no2)n(C)n1. The highest BCUT2D eigenvalue weighted by Crippen LogP contribution is 2.15. The molecule has 114 valence electrons. The van der Waals surface area contributed by atoms with Crippen molar-refractivity contribution in [3.05, 3.63) is 29.2 Å². The van der Waals surface area contributed by atoms with Gasteiger partial charge in [0, 0.05) is 7.05 Å². The molecule has 0 aromatic carbocycles. The van der Waals surface area contributed by atoms with E-state index in [4.69, 9.17) is 4.52 Å². The maximum Gasteiger partial charge on any atom is 0.270 e. The van der Waals surface area contributed by atoms with Gasteiger partial charge in [-0.1, -0.05) is 25.4 Å². The fourth-order valence-corrected chi connectivity index (χ4v) is 2.14. The number of nitrogens with zero attached hydrogens (tertiary/aromatic N) is 4. The van der Waals surface area contributed by atoms with E-state index in [9.17, 15) is 4.79 Å². The summed E-state index contributed by atoms with van der Waals surface area (Å²) in [5, 5.41) is 11.0. The Labute approximate surface area is 123 Å². The van der Waals surface area contributed by atoms with Gasteiger partial charge in [0.15, 0.2) is 5.82 Å². The second-order valence-electron chi connectivity index (χ2n) is 5.01. The first-order valence-electron chi connectivity index (χ1n) is 7.19. The predicted molar refractivity (Wildman–Crippen MR) is 76.7 cm³/mol. The summed E-state index contributed by atoms with van der Waals surface area (Å²) in [5.74, 6) is 0.804. The minimum atomic E-state index is -0.289. The Hall–Kier alpha value is -2.18. The van der Waals surface area contributed by atoms with Crippen molar-refractivity contribution in [2.75, 3.05) is 0 Å². The Balaban J connectivity index is 2.12. The summed E-state index contributed by atoms with van der Waals surface area (Å²) in [5.41, 5.74) is 1.46. The van der Waals surface area contributed by atoms with Crippen LogP contribution in [0.3, 0.4) is 0 Å². The summed E-state index contributed by atoms with van der Waals surface area (Å²) in [6, 6.07) is 1.54. The third-order valence-corrected chi connectivity index (χ3v) is 3.22. The van der Waals surface area contributed by atoms with Crippen LogP contribution in [0.2, 0.25) is 0 Å². The zero-order valence-electron chi connectivity index (χ0n) is 12.9. The molecule has 7 heteroatoms. The average molecular weight is 291 g/mol. The lowest BCUT2D eigenvalue weighted by Gasteiger charge is -2.12. The van der Waals surface area contributed by atoms with Crippen LogP contribution >= 0.6 is 0 Å². The van der Waals surface area contributed by atoms with E-state index in [1.165, 1.54) is 0 Å². The third kappa shape index (κ3) is 3.48. The van der Waals surface area contributed by atoms with E-state index >= 15 is 0 Å². The topological polar surface area (TPSA) is 85.8 Å². The van der Waals surface area contributed by atoms with Gasteiger partial charge in [-0.15, -0.1) is 0 Å². The van der Waals surface area contributed by atoms with Gasteiger partial charge in [0.1, 0.15) is 11.7 Å². The summed E-state index contributed by atoms with van der Waals surface area (Å²) >= 11 is 0. The van der Waals surface area contributed by atoms with E-state index in [2.05, 4.69) is 27.5 Å². The second-order valence-corrected chi connectivity index (χ2v) is 5.01. The summed E-state index contributed by atoms with van der Waals surface area (Å²) < 4.78 is 6.73. The quantitative estimate of drug-likeness (QED) is 0.879. The molecular formula is C14H21N5O2. The molecule has 0 aliphatic rings. The minimum Gasteiger partial charge on any atom is -0.339 e. The molecule has 0 bridgehead atoms. The zero-order valence-corrected chi connectivity index (χ0v) is 12.9. The van der Waals surface area contributed by atoms with Gasteiger partial charge >= 0.3 is 0 Å². The van der Waals surface area contributed by atoms with Gasteiger partial charge in [0.05, 0.1) is 5.69 Å². The molecular weight excluding hydrogens is 270 g/mol. The minimum absolute atomic E-state index is 0.185. The molecule has 2 heterocycles. The molecule has 1 amide bonds. The Morgan fingerprint density at radius 3 is 2.81 bits per heavy atom. The molecule has 0 unspecified atom stereocenters. The molecule has 0 spiro atoms. The van der Waals surface area contributed by atoms with Gasteiger partial charge < -0.3 is 9.84 Å². The van der Waals surface area contributed by atoms with Crippen LogP contribution < -0.4 is 5.32 Å². The summed E-state index contributed by atoms with van der Waals surface area (Å²) in [6.07, 6.45) is 2.53. The van der Waals surface area contributed by atoms with Gasteiger partial charge in [0.2, 0.25) is 5.89 Å². The van der Waals surface area contributed by atoms with Crippen LogP contribution in [-0.2, 0) is 13.5 Å². The smallest absolute Gasteiger partial charge is 0.270 e. The lowest BCUT2D eigenvalue weighted by atomic mass is 10.2. The summed E-state index contributed by atoms with van der Waals surface area (Å²) in [4.78, 5) is 16.5. The average Bonchev–Trinajstić information content (AvgIpc) is 3.02. The molecule has 0 aliphatic heterocycles. The lowest BCUT2D eigenvalue weighted by Crippen LogP contribution is -2.30. The summed E-state index contributed by atoms with van der Waals surface area (Å²) in [6.45, 7) is 5.79. The number of carbonyl (C=O) groups excluding carboxylic acids is 1. The van der Waals surface area contributed by atoms with Gasteiger partial charge in [-0.05, 0) is 25.8 Å². The standard InChI is InChI=1S/C14H21N5O2/c1-5-7-10-8-12(19(4)17-10)13(20)16-11(6-2)14-15-9(3)18-21-14/h8,11H,5-7H2,1-4H3,(H,16,20)/t11-/m1/s1. The predicted octanol–water partition coefficient (Wildman–Crippen LogP) is 1.95. The number of aryl methyl sites for hydroxylation is 3. The van der Waals surface area contributed by atoms with Gasteiger partial charge in [-0.25, -0.2) is 0 Å². The number of rotatable bonds is 6. The Kier molecular flexibility index (Phi) is 4.72. The number of carbonyl (C=O) groups is 1. The van der Waals surface area contributed by atoms with Crippen molar-refractivity contribution in [3.63, 3.8) is 0 Å². The van der Waals surface area contributed by atoms with Crippen molar-refractivity contribution in [3.8, 4) is 0 Å². The van der Waals surface area contributed by atoms with Crippen molar-refractivity contribution in [1.29, 1.82) is 0 Å². The Morgan fingerprint density at radius 1 is 1.48 bits per heavy atom. The van der Waals surface area contributed by atoms with Crippen LogP contribution in [0.15, 0.2) is 10.6 Å². The largest absolute Gasteiger partial charge is 0.339 e. The van der Waals surface area contributed by atoms with E-state index in [1.807, 2.05) is 13.0 Å². The number of amides is 1. The van der Waals surface area contributed by atoms with Gasteiger partial charge in [-0.3, -0.25) is 9.48 Å². The normalized spacial score (nSPS) is 12.4. The fourth-order valence-electron chi connectivity index (χ4n) is 2.14. The number of hydrogen-bond acceptors (Lipinski definition) is 5. The molecule has 1 N–H and O–H groups in total. The van der Waals surface area contributed by atoms with E-state index < -0.39 is 0 Å². The molecule has 0 saturated carbocycles. The van der Waals surface area contributed by atoms with E-state index in [0.29, 0.717) is 23.8 Å². The maximum absolute atomic E-state index is 12.4. The molecule has 21 heavy (non-hydrogen) atoms. The number of hydrogen-bond donors (Lipinski definition) is 1. The first-order chi connectivity index (χ1) is 10.0. The molecule has 2 rings (SSSR count). The third-order valence-electron chi connectivity index (χ3n) is 3.22. The van der Waals surface area contributed by atoms with Crippen LogP contribution in [0.1, 0.15) is 60.6 Å². The van der Waals surface area contributed by atoms with Crippen LogP contribution in [0.4, 0.5) is 0 Å². The van der Waals surface area contributed by atoms with Crippen molar-refractivity contribution in [1.82, 2.24) is 25.2 Å². The van der Waals surface area contributed by atoms with Gasteiger partial charge in [-0.2, -0.15) is 10.1 Å². The number of nitrogens with one attached hydrogen (secondary N) is 1. The van der Waals surface area contributed by atoms with E-state index in [1.54, 1.807) is 18.7 Å². The fraction of sp³-hybridized carbons (Fsp3) is 0.571. The first kappa shape index (κ1) is 15.2. The van der Waals surface area contributed by atoms with Crippen molar-refractivity contribution >= 4 is 5.91 Å². The van der Waals surface area contributed by atoms with Crippen LogP contribution in [0.5, 0.6) is 0 Å². The highest BCUT2D eigenvalue weighted by Gasteiger charge is 2.21. The van der Waals surface area contributed by atoms with Crippen LogP contribution in [0, 0.1) is 6.92 Å². The lowest BCUT2D eigenvalue weighted by molar-refractivity contribution is 0.0917. The van der Waals surface area contributed by atoms with Gasteiger partial charge in [0.25, 0.3) is 5.91 Å². The molecule has 7 nitrogen and oxygen atoms in total. The molecule has 0 aliphatic carbocycles. The molecule has 2 aromatic rings. The Morgan fingerprint density at radius 2 is 2.24 bits per heavy atom. The van der Waals surface area contributed by atoms with Crippen molar-refractivity contribution < 1.29 is 9.32 Å². The van der Waals surface area contributed by atoms with E-state index in [-0.39, 0.29) is 11.9 Å². The maximum atomic E-state index is 12.4. The first-order valence-corrected chi connectivity index (χ1v) is 7.19.